The number of thioether (sulfide) groups is 1. The van der Waals surface area contributed by atoms with E-state index in [0.717, 1.165) is 36.6 Å². The van der Waals surface area contributed by atoms with Gasteiger partial charge in [-0.2, -0.15) is 5.10 Å². The molecule has 106 valence electrons. The first kappa shape index (κ1) is 14.3. The van der Waals surface area contributed by atoms with Crippen LogP contribution in [0.4, 0.5) is 0 Å². The van der Waals surface area contributed by atoms with E-state index in [0.29, 0.717) is 0 Å². The molecule has 0 amide bonds. The van der Waals surface area contributed by atoms with Gasteiger partial charge >= 0.3 is 5.97 Å². The van der Waals surface area contributed by atoms with Crippen LogP contribution in [0.1, 0.15) is 25.7 Å². The van der Waals surface area contributed by atoms with Gasteiger partial charge in [-0.05, 0) is 32.2 Å². The zero-order valence-electron chi connectivity index (χ0n) is 11.3. The van der Waals surface area contributed by atoms with Crippen LogP contribution in [0.5, 0.6) is 0 Å². The molecule has 2 rings (SSSR count). The number of hydrogen-bond donors (Lipinski definition) is 2. The van der Waals surface area contributed by atoms with Crippen molar-refractivity contribution in [2.24, 2.45) is 13.0 Å². The summed E-state index contributed by atoms with van der Waals surface area (Å²) in [7, 11) is 3.61. The molecule has 1 aromatic heterocycles. The van der Waals surface area contributed by atoms with Crippen LogP contribution in [-0.2, 0) is 11.8 Å². The van der Waals surface area contributed by atoms with Crippen LogP contribution in [0, 0.1) is 5.92 Å². The van der Waals surface area contributed by atoms with Crippen LogP contribution in [-0.4, -0.2) is 44.2 Å². The number of carboxylic acids is 1. The fourth-order valence-corrected chi connectivity index (χ4v) is 3.84. The predicted octanol–water partition coefficient (Wildman–Crippen LogP) is 1.14. The van der Waals surface area contributed by atoms with Crippen LogP contribution in [0.15, 0.2) is 11.5 Å². The maximum atomic E-state index is 11.5. The monoisotopic (exact) mass is 284 g/mol. The Hall–Kier alpha value is -1.08. The van der Waals surface area contributed by atoms with E-state index in [1.807, 2.05) is 7.05 Å². The minimum Gasteiger partial charge on any atom is -0.480 e. The minimum atomic E-state index is -0.736. The number of aromatic nitrogens is 3. The lowest BCUT2D eigenvalue weighted by atomic mass is 9.85. The number of carboxylic acid groups (broad SMARTS) is 1. The van der Waals surface area contributed by atoms with Gasteiger partial charge in [-0.25, -0.2) is 9.67 Å². The van der Waals surface area contributed by atoms with E-state index in [-0.39, 0.29) is 5.92 Å². The summed E-state index contributed by atoms with van der Waals surface area (Å²) in [4.78, 5) is 15.7. The quantitative estimate of drug-likeness (QED) is 0.763. The Kier molecular flexibility index (Phi) is 4.46. The number of aliphatic carboxylic acids is 1. The van der Waals surface area contributed by atoms with Crippen molar-refractivity contribution in [3.63, 3.8) is 0 Å². The number of hydrogen-bond acceptors (Lipinski definition) is 5. The zero-order valence-corrected chi connectivity index (χ0v) is 12.1. The standard InChI is InChI=1S/C12H20N4O2S/c1-13-12(10(17)18)6-3-4-9(12)5-7-19-11-14-8-15-16(11)2/h8-9,13H,3-7H2,1-2H3,(H,17,18). The Morgan fingerprint density at radius 1 is 1.74 bits per heavy atom. The highest BCUT2D eigenvalue weighted by molar-refractivity contribution is 7.99. The molecule has 7 heteroatoms. The SMILES string of the molecule is CNC1(C(=O)O)CCCC1CCSc1ncnn1C. The Bertz CT molecular complexity index is 451. The van der Waals surface area contributed by atoms with Gasteiger partial charge in [0, 0.05) is 12.8 Å². The summed E-state index contributed by atoms with van der Waals surface area (Å²) >= 11 is 1.63. The average molecular weight is 284 g/mol. The molecule has 1 aliphatic rings. The van der Waals surface area contributed by atoms with E-state index in [2.05, 4.69) is 15.4 Å². The number of aryl methyl sites for hydroxylation is 1. The van der Waals surface area contributed by atoms with Crippen molar-refractivity contribution in [1.29, 1.82) is 0 Å². The smallest absolute Gasteiger partial charge is 0.324 e. The van der Waals surface area contributed by atoms with Crippen molar-refractivity contribution < 1.29 is 9.90 Å². The lowest BCUT2D eigenvalue weighted by Gasteiger charge is -2.30. The van der Waals surface area contributed by atoms with Gasteiger partial charge in [0.05, 0.1) is 0 Å². The van der Waals surface area contributed by atoms with Gasteiger partial charge in [0.2, 0.25) is 0 Å². The van der Waals surface area contributed by atoms with Crippen LogP contribution >= 0.6 is 11.8 Å². The van der Waals surface area contributed by atoms with Crippen molar-refractivity contribution in [3.05, 3.63) is 6.33 Å². The molecule has 2 unspecified atom stereocenters. The Morgan fingerprint density at radius 2 is 2.53 bits per heavy atom. The van der Waals surface area contributed by atoms with E-state index >= 15 is 0 Å². The first-order chi connectivity index (χ1) is 9.10. The summed E-state index contributed by atoms with van der Waals surface area (Å²) in [5.74, 6) is 0.338. The summed E-state index contributed by atoms with van der Waals surface area (Å²) in [6, 6.07) is 0. The number of carbonyl (C=O) groups is 1. The number of nitrogens with zero attached hydrogens (tertiary/aromatic N) is 3. The molecule has 0 radical (unpaired) electrons. The predicted molar refractivity (Wildman–Crippen MR) is 73.1 cm³/mol. The molecule has 1 saturated carbocycles. The number of rotatable bonds is 6. The molecule has 1 aliphatic carbocycles. The summed E-state index contributed by atoms with van der Waals surface area (Å²) in [5.41, 5.74) is -0.736. The molecule has 2 atom stereocenters. The van der Waals surface area contributed by atoms with Crippen molar-refractivity contribution in [2.75, 3.05) is 12.8 Å². The largest absolute Gasteiger partial charge is 0.480 e. The molecule has 6 nitrogen and oxygen atoms in total. The molecule has 1 aromatic rings. The van der Waals surface area contributed by atoms with E-state index in [1.165, 1.54) is 6.33 Å². The molecule has 1 fully saturated rings. The molecular formula is C12H20N4O2S. The van der Waals surface area contributed by atoms with Gasteiger partial charge < -0.3 is 10.4 Å². The number of likely N-dealkylation sites (N-methyl/N-ethyl adjacent to an activating group) is 1. The third kappa shape index (κ3) is 2.76. The molecule has 0 aliphatic heterocycles. The fraction of sp³-hybridized carbons (Fsp3) is 0.750. The van der Waals surface area contributed by atoms with E-state index in [4.69, 9.17) is 0 Å². The van der Waals surface area contributed by atoms with Crippen LogP contribution in [0.2, 0.25) is 0 Å². The van der Waals surface area contributed by atoms with Gasteiger partial charge in [-0.1, -0.05) is 18.2 Å². The zero-order chi connectivity index (χ0) is 13.9. The molecule has 2 N–H and O–H groups in total. The van der Waals surface area contributed by atoms with Gasteiger partial charge in [-0.15, -0.1) is 0 Å². The van der Waals surface area contributed by atoms with Crippen molar-refractivity contribution in [3.8, 4) is 0 Å². The highest BCUT2D eigenvalue weighted by Crippen LogP contribution is 2.39. The molecule has 0 saturated heterocycles. The van der Waals surface area contributed by atoms with Crippen LogP contribution < -0.4 is 5.32 Å². The Morgan fingerprint density at radius 3 is 3.11 bits per heavy atom. The molecule has 19 heavy (non-hydrogen) atoms. The van der Waals surface area contributed by atoms with Crippen LogP contribution in [0.25, 0.3) is 0 Å². The van der Waals surface area contributed by atoms with Crippen molar-refractivity contribution in [1.82, 2.24) is 20.1 Å². The molecule has 0 spiro atoms. The van der Waals surface area contributed by atoms with Gasteiger partial charge in [0.1, 0.15) is 11.9 Å². The normalized spacial score (nSPS) is 26.7. The second kappa shape index (κ2) is 5.92. The topological polar surface area (TPSA) is 80.0 Å². The summed E-state index contributed by atoms with van der Waals surface area (Å²) in [5, 5.41) is 17.4. The van der Waals surface area contributed by atoms with Gasteiger partial charge in [0.25, 0.3) is 0 Å². The minimum absolute atomic E-state index is 0.190. The fourth-order valence-electron chi connectivity index (χ4n) is 2.89. The Balaban J connectivity index is 1.92. The second-order valence-electron chi connectivity index (χ2n) is 4.92. The Labute approximate surface area is 117 Å². The second-order valence-corrected chi connectivity index (χ2v) is 5.98. The molecule has 1 heterocycles. The van der Waals surface area contributed by atoms with Crippen molar-refractivity contribution in [2.45, 2.75) is 36.4 Å². The van der Waals surface area contributed by atoms with Crippen LogP contribution in [0.3, 0.4) is 0 Å². The number of nitrogens with one attached hydrogen (secondary N) is 1. The average Bonchev–Trinajstić information content (AvgIpc) is 2.97. The van der Waals surface area contributed by atoms with E-state index in [1.54, 1.807) is 23.5 Å². The first-order valence-corrected chi connectivity index (χ1v) is 7.48. The highest BCUT2D eigenvalue weighted by Gasteiger charge is 2.47. The third-order valence-corrected chi connectivity index (χ3v) is 5.08. The molecule has 0 aromatic carbocycles. The van der Waals surface area contributed by atoms with E-state index < -0.39 is 11.5 Å². The summed E-state index contributed by atoms with van der Waals surface area (Å²) in [6.07, 6.45) is 5.09. The first-order valence-electron chi connectivity index (χ1n) is 6.49. The lowest BCUT2D eigenvalue weighted by molar-refractivity contribution is -0.146. The summed E-state index contributed by atoms with van der Waals surface area (Å²) in [6.45, 7) is 0. The molecular weight excluding hydrogens is 264 g/mol. The van der Waals surface area contributed by atoms with Crippen molar-refractivity contribution >= 4 is 17.7 Å². The third-order valence-electron chi connectivity index (χ3n) is 4.02. The van der Waals surface area contributed by atoms with Gasteiger partial charge in [-0.3, -0.25) is 4.79 Å². The molecule has 0 bridgehead atoms. The summed E-state index contributed by atoms with van der Waals surface area (Å²) < 4.78 is 1.74. The lowest BCUT2D eigenvalue weighted by Crippen LogP contribution is -2.53. The van der Waals surface area contributed by atoms with Gasteiger partial charge in [0.15, 0.2) is 5.16 Å². The maximum absolute atomic E-state index is 11.5. The van der Waals surface area contributed by atoms with E-state index in [9.17, 15) is 9.90 Å². The maximum Gasteiger partial charge on any atom is 0.324 e. The highest BCUT2D eigenvalue weighted by atomic mass is 32.2.